The molecule has 0 radical (unpaired) electrons. The lowest BCUT2D eigenvalue weighted by Crippen LogP contribution is -2.42. The van der Waals surface area contributed by atoms with E-state index in [2.05, 4.69) is 58.0 Å². The summed E-state index contributed by atoms with van der Waals surface area (Å²) in [5.74, 6) is -2.94. The van der Waals surface area contributed by atoms with Crippen molar-refractivity contribution < 1.29 is 39.5 Å². The molecule has 0 spiro atoms. The van der Waals surface area contributed by atoms with E-state index >= 15 is 0 Å². The number of carbonyl (C=O) groups is 3. The van der Waals surface area contributed by atoms with Gasteiger partial charge in [-0.2, -0.15) is 0 Å². The number of carboxylic acids is 3. The van der Waals surface area contributed by atoms with Gasteiger partial charge in [0.25, 0.3) is 0 Å². The molecule has 2 aromatic carbocycles. The van der Waals surface area contributed by atoms with Crippen molar-refractivity contribution >= 4 is 28.9 Å². The molecule has 0 bridgehead atoms. The van der Waals surface area contributed by atoms with Gasteiger partial charge in [-0.15, -0.1) is 0 Å². The van der Waals surface area contributed by atoms with E-state index in [1.54, 1.807) is 0 Å². The summed E-state index contributed by atoms with van der Waals surface area (Å²) in [5.41, 5.74) is 0.867. The van der Waals surface area contributed by atoms with Gasteiger partial charge in [-0.1, -0.05) is 24.3 Å². The molecule has 1 aliphatic rings. The van der Waals surface area contributed by atoms with Gasteiger partial charge in [0.05, 0.1) is 30.5 Å². The van der Waals surface area contributed by atoms with E-state index in [1.165, 1.54) is 37.0 Å². The number of nitrogens with zero attached hydrogens (tertiary/aromatic N) is 3. The predicted molar refractivity (Wildman–Crippen MR) is 143 cm³/mol. The molecule has 0 amide bonds. The Morgan fingerprint density at radius 1 is 0.923 bits per heavy atom. The average molecular weight is 542 g/mol. The molecule has 3 aromatic rings. The molecule has 1 saturated heterocycles. The lowest BCUT2D eigenvalue weighted by atomic mass is 9.96. The number of aromatic nitrogens is 2. The number of ether oxygens (including phenoxy) is 1. The third kappa shape index (κ3) is 8.52. The van der Waals surface area contributed by atoms with Crippen LogP contribution < -0.4 is 4.74 Å². The second kappa shape index (κ2) is 13.7. The highest BCUT2D eigenvalue weighted by atomic mass is 16.5. The summed E-state index contributed by atoms with van der Waals surface area (Å²) in [4.78, 5) is 38.0. The molecule has 0 unspecified atom stereocenters. The fourth-order valence-corrected chi connectivity index (χ4v) is 4.52. The Balaban J connectivity index is 0.000000276. The molecular weight excluding hydrogens is 506 g/mol. The number of likely N-dealkylation sites (tertiary alicyclic amines) is 1. The molecule has 11 nitrogen and oxygen atoms in total. The van der Waals surface area contributed by atoms with E-state index < -0.39 is 36.4 Å². The summed E-state index contributed by atoms with van der Waals surface area (Å²) in [5, 5.41) is 33.8. The minimum atomic E-state index is -2.74. The highest BCUT2D eigenvalue weighted by molar-refractivity contribution is 5.88. The normalized spacial score (nSPS) is 13.6. The van der Waals surface area contributed by atoms with Crippen molar-refractivity contribution in [2.45, 2.75) is 51.2 Å². The Morgan fingerprint density at radius 2 is 1.54 bits per heavy atom. The number of hydrogen-bond acceptors (Lipinski definition) is 7. The minimum absolute atomic E-state index is 0.700. The molecule has 0 aliphatic carbocycles. The SMILES string of the molecule is CCOc1ccc(Cc2nc3ccccc3n2CCN2CCCC2)cc1.O=C(O)CC(O)(CC(=O)O)C(=O)O. The molecule has 1 aliphatic heterocycles. The number of hydrogen-bond donors (Lipinski definition) is 4. The number of para-hydroxylation sites is 2. The minimum Gasteiger partial charge on any atom is -0.494 e. The van der Waals surface area contributed by atoms with E-state index in [0.717, 1.165) is 36.6 Å². The summed E-state index contributed by atoms with van der Waals surface area (Å²) in [6.45, 7) is 7.30. The van der Waals surface area contributed by atoms with Crippen molar-refractivity contribution in [1.82, 2.24) is 14.5 Å². The van der Waals surface area contributed by atoms with Gasteiger partial charge in [-0.25, -0.2) is 9.78 Å². The van der Waals surface area contributed by atoms with Crippen LogP contribution in [0.5, 0.6) is 5.75 Å². The first-order valence-corrected chi connectivity index (χ1v) is 12.9. The van der Waals surface area contributed by atoms with E-state index in [1.807, 2.05) is 6.92 Å². The molecule has 210 valence electrons. The number of imidazole rings is 1. The van der Waals surface area contributed by atoms with Crippen LogP contribution in [0.15, 0.2) is 48.5 Å². The second-order valence-corrected chi connectivity index (χ2v) is 9.45. The van der Waals surface area contributed by atoms with Crippen molar-refractivity contribution in [1.29, 1.82) is 0 Å². The van der Waals surface area contributed by atoms with Gasteiger partial charge < -0.3 is 34.6 Å². The third-order valence-corrected chi connectivity index (χ3v) is 6.45. The Morgan fingerprint density at radius 3 is 2.10 bits per heavy atom. The van der Waals surface area contributed by atoms with Gasteiger partial charge in [-0.05, 0) is 62.7 Å². The number of benzene rings is 2. The maximum Gasteiger partial charge on any atom is 0.336 e. The molecule has 0 saturated carbocycles. The maximum absolute atomic E-state index is 10.3. The van der Waals surface area contributed by atoms with Crippen LogP contribution in [0.4, 0.5) is 0 Å². The maximum atomic E-state index is 10.3. The zero-order valence-electron chi connectivity index (χ0n) is 22.0. The quantitative estimate of drug-likeness (QED) is 0.268. The molecular formula is C28H35N3O8. The fourth-order valence-electron chi connectivity index (χ4n) is 4.52. The Kier molecular flexibility index (Phi) is 10.4. The number of rotatable bonds is 12. The van der Waals surface area contributed by atoms with Gasteiger partial charge in [0.2, 0.25) is 0 Å². The van der Waals surface area contributed by atoms with Crippen molar-refractivity contribution in [3.8, 4) is 5.75 Å². The first-order valence-electron chi connectivity index (χ1n) is 12.9. The number of aliphatic hydroxyl groups is 1. The second-order valence-electron chi connectivity index (χ2n) is 9.45. The van der Waals surface area contributed by atoms with Crippen LogP contribution in [0, 0.1) is 0 Å². The van der Waals surface area contributed by atoms with E-state index in [4.69, 9.17) is 30.1 Å². The summed E-state index contributed by atoms with van der Waals surface area (Å²) in [7, 11) is 0. The van der Waals surface area contributed by atoms with Crippen LogP contribution in [0.25, 0.3) is 11.0 Å². The summed E-state index contributed by atoms with van der Waals surface area (Å²) < 4.78 is 7.96. The van der Waals surface area contributed by atoms with Gasteiger partial charge in [0.15, 0.2) is 5.60 Å². The van der Waals surface area contributed by atoms with E-state index in [9.17, 15) is 14.4 Å². The van der Waals surface area contributed by atoms with Crippen LogP contribution in [-0.4, -0.2) is 84.6 Å². The molecule has 1 fully saturated rings. The van der Waals surface area contributed by atoms with Crippen LogP contribution in [-0.2, 0) is 27.3 Å². The average Bonchev–Trinajstić information content (AvgIpc) is 3.51. The van der Waals surface area contributed by atoms with Crippen LogP contribution in [0.2, 0.25) is 0 Å². The van der Waals surface area contributed by atoms with Crippen molar-refractivity contribution in [2.75, 3.05) is 26.2 Å². The van der Waals surface area contributed by atoms with Crippen molar-refractivity contribution in [3.63, 3.8) is 0 Å². The van der Waals surface area contributed by atoms with Gasteiger partial charge in [0.1, 0.15) is 11.6 Å². The smallest absolute Gasteiger partial charge is 0.336 e. The van der Waals surface area contributed by atoms with Crippen molar-refractivity contribution in [2.24, 2.45) is 0 Å². The summed E-state index contributed by atoms with van der Waals surface area (Å²) in [6, 6.07) is 16.9. The monoisotopic (exact) mass is 541 g/mol. The highest BCUT2D eigenvalue weighted by Gasteiger charge is 2.40. The highest BCUT2D eigenvalue weighted by Crippen LogP contribution is 2.21. The first kappa shape index (κ1) is 29.6. The number of fused-ring (bicyclic) bond motifs is 1. The topological polar surface area (TPSA) is 162 Å². The molecule has 2 heterocycles. The van der Waals surface area contributed by atoms with E-state index in [0.29, 0.717) is 6.61 Å². The molecule has 39 heavy (non-hydrogen) atoms. The standard InChI is InChI=1S/C22H27N3O.C6H8O7/c1-2-26-19-11-9-18(10-12-19)17-22-23-20-7-3-4-8-21(20)25(22)16-15-24-13-5-6-14-24;7-3(8)1-6(13,5(11)12)2-4(9)10/h3-4,7-12H,2,5-6,13-17H2,1H3;13H,1-2H2,(H,7,8)(H,9,10)(H,11,12). The summed E-state index contributed by atoms with van der Waals surface area (Å²) >= 11 is 0. The third-order valence-electron chi connectivity index (χ3n) is 6.45. The van der Waals surface area contributed by atoms with Crippen LogP contribution in [0.1, 0.15) is 44.0 Å². The Labute approximate surface area is 226 Å². The van der Waals surface area contributed by atoms with Gasteiger partial charge >= 0.3 is 17.9 Å². The Hall–Kier alpha value is -3.96. The van der Waals surface area contributed by atoms with Gasteiger partial charge in [-0.3, -0.25) is 9.59 Å². The summed E-state index contributed by atoms with van der Waals surface area (Å²) in [6.07, 6.45) is 1.23. The van der Waals surface area contributed by atoms with E-state index in [-0.39, 0.29) is 0 Å². The molecule has 4 rings (SSSR count). The predicted octanol–water partition coefficient (Wildman–Crippen LogP) is 2.87. The van der Waals surface area contributed by atoms with Crippen LogP contribution in [0.3, 0.4) is 0 Å². The fraction of sp³-hybridized carbons (Fsp3) is 0.429. The van der Waals surface area contributed by atoms with Crippen LogP contribution >= 0.6 is 0 Å². The zero-order valence-corrected chi connectivity index (χ0v) is 22.0. The lowest BCUT2D eigenvalue weighted by Gasteiger charge is -2.18. The lowest BCUT2D eigenvalue weighted by molar-refractivity contribution is -0.170. The largest absolute Gasteiger partial charge is 0.494 e. The number of aliphatic carboxylic acids is 3. The molecule has 0 atom stereocenters. The molecule has 11 heteroatoms. The Bertz CT molecular complexity index is 1250. The molecule has 4 N–H and O–H groups in total. The number of carboxylic acid groups (broad SMARTS) is 3. The zero-order chi connectivity index (χ0) is 28.4. The van der Waals surface area contributed by atoms with Gasteiger partial charge in [0, 0.05) is 19.5 Å². The molecule has 1 aromatic heterocycles. The first-order chi connectivity index (χ1) is 18.6. The van der Waals surface area contributed by atoms with Crippen molar-refractivity contribution in [3.05, 3.63) is 59.9 Å².